The molecule has 1 heterocycles. The quantitative estimate of drug-likeness (QED) is 0.807. The first kappa shape index (κ1) is 11.2. The molecule has 0 amide bonds. The maximum atomic E-state index is 5.43. The summed E-state index contributed by atoms with van der Waals surface area (Å²) in [7, 11) is 0. The fraction of sp³-hybridized carbons (Fsp3) is 0.600. The van der Waals surface area contributed by atoms with Gasteiger partial charge in [0.2, 0.25) is 0 Å². The van der Waals surface area contributed by atoms with Crippen molar-refractivity contribution in [2.24, 2.45) is 5.73 Å². The molecule has 1 nitrogen and oxygen atoms in total. The summed E-state index contributed by atoms with van der Waals surface area (Å²) in [6.45, 7) is 2.97. The first-order chi connectivity index (χ1) is 6.24. The first-order valence-corrected chi connectivity index (χ1v) is 6.30. The monoisotopic (exact) mass is 261 g/mol. The number of aryl methyl sites for hydroxylation is 2. The predicted molar refractivity (Wildman–Crippen MR) is 63.4 cm³/mol. The third-order valence-corrected chi connectivity index (χ3v) is 4.23. The number of halogens is 1. The van der Waals surface area contributed by atoms with E-state index in [9.17, 15) is 0 Å². The van der Waals surface area contributed by atoms with Crippen LogP contribution in [-0.4, -0.2) is 6.54 Å². The first-order valence-electron chi connectivity index (χ1n) is 4.69. The smallest absolute Gasteiger partial charge is 0.0730 e. The second-order valence-electron chi connectivity index (χ2n) is 3.27. The van der Waals surface area contributed by atoms with E-state index < -0.39 is 0 Å². The Morgan fingerprint density at radius 2 is 2.15 bits per heavy atom. The minimum atomic E-state index is 0.827. The van der Waals surface area contributed by atoms with Crippen LogP contribution < -0.4 is 5.73 Å². The zero-order chi connectivity index (χ0) is 9.68. The van der Waals surface area contributed by atoms with Crippen molar-refractivity contribution in [1.29, 1.82) is 0 Å². The molecule has 3 heteroatoms. The Labute approximate surface area is 92.5 Å². The minimum absolute atomic E-state index is 0.827. The summed E-state index contributed by atoms with van der Waals surface area (Å²) in [5, 5.41) is 0. The van der Waals surface area contributed by atoms with Crippen molar-refractivity contribution in [1.82, 2.24) is 0 Å². The SMILES string of the molecule is Cc1cc(CCCCCN)sc1Br. The summed E-state index contributed by atoms with van der Waals surface area (Å²) >= 11 is 5.40. The molecular formula is C10H16BrNS. The van der Waals surface area contributed by atoms with Crippen LogP contribution in [0.25, 0.3) is 0 Å². The minimum Gasteiger partial charge on any atom is -0.330 e. The van der Waals surface area contributed by atoms with Gasteiger partial charge >= 0.3 is 0 Å². The van der Waals surface area contributed by atoms with Crippen LogP contribution in [0.5, 0.6) is 0 Å². The van der Waals surface area contributed by atoms with Gasteiger partial charge in [0.05, 0.1) is 3.79 Å². The number of nitrogens with two attached hydrogens (primary N) is 1. The van der Waals surface area contributed by atoms with Gasteiger partial charge in [-0.3, -0.25) is 0 Å². The molecule has 13 heavy (non-hydrogen) atoms. The molecule has 74 valence electrons. The van der Waals surface area contributed by atoms with Crippen molar-refractivity contribution < 1.29 is 0 Å². The van der Waals surface area contributed by atoms with E-state index in [2.05, 4.69) is 28.9 Å². The third kappa shape index (κ3) is 3.79. The zero-order valence-corrected chi connectivity index (χ0v) is 10.4. The van der Waals surface area contributed by atoms with Gasteiger partial charge in [0.15, 0.2) is 0 Å². The lowest BCUT2D eigenvalue weighted by Gasteiger charge is -1.96. The van der Waals surface area contributed by atoms with Gasteiger partial charge in [-0.05, 0) is 60.3 Å². The summed E-state index contributed by atoms with van der Waals surface area (Å²) in [6, 6.07) is 2.27. The molecule has 0 spiro atoms. The summed E-state index contributed by atoms with van der Waals surface area (Å²) in [6.07, 6.45) is 4.89. The van der Waals surface area contributed by atoms with Crippen LogP contribution in [0.3, 0.4) is 0 Å². The Balaban J connectivity index is 2.29. The van der Waals surface area contributed by atoms with Gasteiger partial charge in [-0.15, -0.1) is 11.3 Å². The fourth-order valence-electron chi connectivity index (χ4n) is 1.27. The van der Waals surface area contributed by atoms with E-state index in [1.54, 1.807) is 0 Å². The highest BCUT2D eigenvalue weighted by Gasteiger charge is 2.01. The maximum absolute atomic E-state index is 5.43. The van der Waals surface area contributed by atoms with Gasteiger partial charge < -0.3 is 5.73 Å². The molecule has 0 aliphatic carbocycles. The van der Waals surface area contributed by atoms with E-state index >= 15 is 0 Å². The number of thiophene rings is 1. The van der Waals surface area contributed by atoms with Crippen LogP contribution in [0.4, 0.5) is 0 Å². The van der Waals surface area contributed by atoms with Gasteiger partial charge in [-0.2, -0.15) is 0 Å². The molecule has 0 bridgehead atoms. The maximum Gasteiger partial charge on any atom is 0.0730 e. The molecule has 1 aromatic rings. The van der Waals surface area contributed by atoms with E-state index in [4.69, 9.17) is 5.73 Å². The summed E-state index contributed by atoms with van der Waals surface area (Å²) in [5.41, 5.74) is 6.79. The second kappa shape index (κ2) is 5.78. The highest BCUT2D eigenvalue weighted by atomic mass is 79.9. The molecule has 0 unspecified atom stereocenters. The lowest BCUT2D eigenvalue weighted by atomic mass is 10.1. The summed E-state index contributed by atoms with van der Waals surface area (Å²) in [5.74, 6) is 0. The largest absolute Gasteiger partial charge is 0.330 e. The number of hydrogen-bond donors (Lipinski definition) is 1. The fourth-order valence-corrected chi connectivity index (χ4v) is 2.94. The van der Waals surface area contributed by atoms with Crippen molar-refractivity contribution in [3.05, 3.63) is 20.3 Å². The molecule has 0 atom stereocenters. The van der Waals surface area contributed by atoms with Crippen LogP contribution in [0.15, 0.2) is 9.85 Å². The third-order valence-electron chi connectivity index (χ3n) is 2.04. The average molecular weight is 262 g/mol. The van der Waals surface area contributed by atoms with Crippen LogP contribution in [0.1, 0.15) is 29.7 Å². The van der Waals surface area contributed by atoms with Crippen molar-refractivity contribution in [2.45, 2.75) is 32.6 Å². The zero-order valence-electron chi connectivity index (χ0n) is 7.98. The van der Waals surface area contributed by atoms with Crippen LogP contribution >= 0.6 is 27.3 Å². The molecule has 1 rings (SSSR count). The molecule has 0 saturated heterocycles. The van der Waals surface area contributed by atoms with Gasteiger partial charge in [0.1, 0.15) is 0 Å². The molecule has 2 N–H and O–H groups in total. The van der Waals surface area contributed by atoms with Gasteiger partial charge in [-0.1, -0.05) is 6.42 Å². The average Bonchev–Trinajstić information content (AvgIpc) is 2.41. The van der Waals surface area contributed by atoms with E-state index in [1.165, 1.54) is 33.5 Å². The Kier molecular flexibility index (Phi) is 4.99. The molecular weight excluding hydrogens is 246 g/mol. The standard InChI is InChI=1S/C10H16BrNS/c1-8-7-9(13-10(8)11)5-3-2-4-6-12/h7H,2-6,12H2,1H3. The topological polar surface area (TPSA) is 26.0 Å². The van der Waals surface area contributed by atoms with Crippen LogP contribution in [0, 0.1) is 6.92 Å². The van der Waals surface area contributed by atoms with E-state index in [0.717, 1.165) is 13.0 Å². The van der Waals surface area contributed by atoms with Crippen LogP contribution in [0.2, 0.25) is 0 Å². The second-order valence-corrected chi connectivity index (χ2v) is 5.72. The van der Waals surface area contributed by atoms with Crippen molar-refractivity contribution in [3.63, 3.8) is 0 Å². The lowest BCUT2D eigenvalue weighted by molar-refractivity contribution is 0.690. The van der Waals surface area contributed by atoms with E-state index in [0.29, 0.717) is 0 Å². The molecule has 0 aliphatic rings. The highest BCUT2D eigenvalue weighted by Crippen LogP contribution is 2.28. The summed E-state index contributed by atoms with van der Waals surface area (Å²) in [4.78, 5) is 1.49. The van der Waals surface area contributed by atoms with Crippen molar-refractivity contribution in [3.8, 4) is 0 Å². The van der Waals surface area contributed by atoms with E-state index in [1.807, 2.05) is 11.3 Å². The van der Waals surface area contributed by atoms with Gasteiger partial charge in [0, 0.05) is 4.88 Å². The molecule has 0 aliphatic heterocycles. The molecule has 0 fully saturated rings. The Bertz CT molecular complexity index is 238. The highest BCUT2D eigenvalue weighted by molar-refractivity contribution is 9.11. The predicted octanol–water partition coefficient (Wildman–Crippen LogP) is 3.49. The van der Waals surface area contributed by atoms with Crippen molar-refractivity contribution >= 4 is 27.3 Å². The number of unbranched alkanes of at least 4 members (excludes halogenated alkanes) is 2. The lowest BCUT2D eigenvalue weighted by Crippen LogP contribution is -1.97. The summed E-state index contributed by atoms with van der Waals surface area (Å²) < 4.78 is 1.28. The van der Waals surface area contributed by atoms with Crippen LogP contribution in [-0.2, 0) is 6.42 Å². The Morgan fingerprint density at radius 3 is 2.69 bits per heavy atom. The normalized spacial score (nSPS) is 10.7. The van der Waals surface area contributed by atoms with E-state index in [-0.39, 0.29) is 0 Å². The van der Waals surface area contributed by atoms with Gasteiger partial charge in [-0.25, -0.2) is 0 Å². The van der Waals surface area contributed by atoms with Gasteiger partial charge in [0.25, 0.3) is 0 Å². The Hall–Kier alpha value is 0.140. The molecule has 0 aromatic carbocycles. The molecule has 0 saturated carbocycles. The van der Waals surface area contributed by atoms with Crippen molar-refractivity contribution in [2.75, 3.05) is 6.54 Å². The molecule has 1 aromatic heterocycles. The Morgan fingerprint density at radius 1 is 1.38 bits per heavy atom. The number of rotatable bonds is 5. The number of hydrogen-bond acceptors (Lipinski definition) is 2. The molecule has 0 radical (unpaired) electrons.